The van der Waals surface area contributed by atoms with Crippen LogP contribution in [0.15, 0.2) is 24.3 Å². The molecule has 1 aromatic carbocycles. The minimum absolute atomic E-state index is 0.164. The van der Waals surface area contributed by atoms with Crippen LogP contribution in [0.1, 0.15) is 39.2 Å². The van der Waals surface area contributed by atoms with Gasteiger partial charge in [-0.05, 0) is 36.3 Å². The molecule has 0 saturated carbocycles. The lowest BCUT2D eigenvalue weighted by Crippen LogP contribution is -2.47. The molecule has 19 heavy (non-hydrogen) atoms. The lowest BCUT2D eigenvalue weighted by atomic mass is 9.90. The topological polar surface area (TPSA) is 47.3 Å². The van der Waals surface area contributed by atoms with E-state index in [1.54, 1.807) is 0 Å². The van der Waals surface area contributed by atoms with Gasteiger partial charge in [0.25, 0.3) is 0 Å². The van der Waals surface area contributed by atoms with E-state index in [-0.39, 0.29) is 12.1 Å². The van der Waals surface area contributed by atoms with Crippen molar-refractivity contribution in [3.63, 3.8) is 0 Å². The second-order valence-electron chi connectivity index (χ2n) is 6.21. The van der Waals surface area contributed by atoms with Gasteiger partial charge in [0.05, 0.1) is 6.04 Å². The number of para-hydroxylation sites is 1. The fourth-order valence-corrected chi connectivity index (χ4v) is 3.09. The highest BCUT2D eigenvalue weighted by atomic mass is 16.5. The van der Waals surface area contributed by atoms with Crippen LogP contribution in [-0.4, -0.2) is 12.1 Å². The van der Waals surface area contributed by atoms with Crippen LogP contribution in [0.25, 0.3) is 0 Å². The number of nitrogens with two attached hydrogens (primary N) is 1. The van der Waals surface area contributed by atoms with Gasteiger partial charge in [0.2, 0.25) is 0 Å². The van der Waals surface area contributed by atoms with E-state index in [0.717, 1.165) is 24.5 Å². The van der Waals surface area contributed by atoms with Crippen LogP contribution in [-0.2, 0) is 6.42 Å². The largest absolute Gasteiger partial charge is 0.488 e. The summed E-state index contributed by atoms with van der Waals surface area (Å²) in [5.74, 6) is 8.15. The zero-order valence-corrected chi connectivity index (χ0v) is 12.2. The second-order valence-corrected chi connectivity index (χ2v) is 6.21. The van der Waals surface area contributed by atoms with Crippen molar-refractivity contribution in [1.82, 2.24) is 5.43 Å². The zero-order chi connectivity index (χ0) is 13.8. The zero-order valence-electron chi connectivity index (χ0n) is 12.2. The van der Waals surface area contributed by atoms with Crippen LogP contribution < -0.4 is 16.0 Å². The number of nitrogens with one attached hydrogen (secondary N) is 1. The maximum atomic E-state index is 6.02. The SMILES string of the molecule is CC(C)CC(C)CC(NN)C1Cc2ccccc2O1. The first-order valence-electron chi connectivity index (χ1n) is 7.30. The van der Waals surface area contributed by atoms with Crippen molar-refractivity contribution in [2.24, 2.45) is 17.7 Å². The Morgan fingerprint density at radius 1 is 1.26 bits per heavy atom. The number of benzene rings is 1. The van der Waals surface area contributed by atoms with E-state index in [9.17, 15) is 0 Å². The molecule has 0 aromatic heterocycles. The molecule has 3 heteroatoms. The van der Waals surface area contributed by atoms with Crippen LogP contribution in [0, 0.1) is 11.8 Å². The maximum absolute atomic E-state index is 6.02. The molecule has 1 aliphatic rings. The molecule has 3 atom stereocenters. The van der Waals surface area contributed by atoms with Crippen molar-refractivity contribution >= 4 is 0 Å². The Balaban J connectivity index is 1.93. The highest BCUT2D eigenvalue weighted by Crippen LogP contribution is 2.31. The van der Waals surface area contributed by atoms with Crippen LogP contribution in [0.5, 0.6) is 5.75 Å². The van der Waals surface area contributed by atoms with E-state index < -0.39 is 0 Å². The first-order chi connectivity index (χ1) is 9.10. The van der Waals surface area contributed by atoms with Gasteiger partial charge in [-0.25, -0.2) is 0 Å². The summed E-state index contributed by atoms with van der Waals surface area (Å²) in [6.07, 6.45) is 3.42. The second kappa shape index (κ2) is 6.40. The predicted octanol–water partition coefficient (Wildman–Crippen LogP) is 2.89. The van der Waals surface area contributed by atoms with Crippen molar-refractivity contribution in [3.05, 3.63) is 29.8 Å². The molecule has 0 amide bonds. The fourth-order valence-electron chi connectivity index (χ4n) is 3.09. The third-order valence-electron chi connectivity index (χ3n) is 3.86. The molecule has 0 aliphatic carbocycles. The minimum atomic E-state index is 0.164. The Hall–Kier alpha value is -1.06. The molecular formula is C16H26N2O. The molecule has 1 aromatic rings. The van der Waals surface area contributed by atoms with Crippen molar-refractivity contribution in [2.75, 3.05) is 0 Å². The summed E-state index contributed by atoms with van der Waals surface area (Å²) in [7, 11) is 0. The van der Waals surface area contributed by atoms with Gasteiger partial charge < -0.3 is 4.74 Å². The number of hydrogen-bond acceptors (Lipinski definition) is 3. The molecule has 3 N–H and O–H groups in total. The van der Waals surface area contributed by atoms with Gasteiger partial charge in [-0.15, -0.1) is 0 Å². The lowest BCUT2D eigenvalue weighted by molar-refractivity contribution is 0.158. The molecular weight excluding hydrogens is 236 g/mol. The van der Waals surface area contributed by atoms with Gasteiger partial charge in [0, 0.05) is 6.42 Å². The average Bonchev–Trinajstić information content (AvgIpc) is 2.78. The molecule has 106 valence electrons. The van der Waals surface area contributed by atoms with Gasteiger partial charge in [0.15, 0.2) is 0 Å². The first-order valence-corrected chi connectivity index (χ1v) is 7.30. The van der Waals surface area contributed by atoms with Gasteiger partial charge in [0.1, 0.15) is 11.9 Å². The van der Waals surface area contributed by atoms with Gasteiger partial charge in [-0.2, -0.15) is 0 Å². The molecule has 3 nitrogen and oxygen atoms in total. The summed E-state index contributed by atoms with van der Waals surface area (Å²) in [6, 6.07) is 8.49. The molecule has 0 fully saturated rings. The summed E-state index contributed by atoms with van der Waals surface area (Å²) < 4.78 is 6.02. The highest BCUT2D eigenvalue weighted by Gasteiger charge is 2.30. The van der Waals surface area contributed by atoms with Crippen LogP contribution in [0.2, 0.25) is 0 Å². The molecule has 0 radical (unpaired) electrons. The Morgan fingerprint density at radius 2 is 2.00 bits per heavy atom. The van der Waals surface area contributed by atoms with Crippen LogP contribution in [0.3, 0.4) is 0 Å². The van der Waals surface area contributed by atoms with E-state index in [1.807, 2.05) is 12.1 Å². The highest BCUT2D eigenvalue weighted by molar-refractivity contribution is 5.37. The van der Waals surface area contributed by atoms with E-state index in [2.05, 4.69) is 38.3 Å². The molecule has 1 heterocycles. The molecule has 0 bridgehead atoms. The van der Waals surface area contributed by atoms with Crippen LogP contribution in [0.4, 0.5) is 0 Å². The quantitative estimate of drug-likeness (QED) is 0.612. The number of fused-ring (bicyclic) bond motifs is 1. The number of rotatable bonds is 6. The smallest absolute Gasteiger partial charge is 0.123 e. The third kappa shape index (κ3) is 3.71. The van der Waals surface area contributed by atoms with Gasteiger partial charge in [-0.3, -0.25) is 11.3 Å². The van der Waals surface area contributed by atoms with Crippen molar-refractivity contribution in [2.45, 2.75) is 52.2 Å². The predicted molar refractivity (Wildman–Crippen MR) is 78.9 cm³/mol. The molecule has 3 unspecified atom stereocenters. The van der Waals surface area contributed by atoms with E-state index in [0.29, 0.717) is 5.92 Å². The summed E-state index contributed by atoms with van der Waals surface area (Å²) >= 11 is 0. The number of ether oxygens (including phenoxy) is 1. The standard InChI is InChI=1S/C16H26N2O/c1-11(2)8-12(3)9-14(18-17)16-10-13-6-4-5-7-15(13)19-16/h4-7,11-12,14,16,18H,8-10,17H2,1-3H3. The first kappa shape index (κ1) is 14.4. The normalized spacial score (nSPS) is 21.0. The number of hydrogen-bond donors (Lipinski definition) is 2. The van der Waals surface area contributed by atoms with Gasteiger partial charge >= 0.3 is 0 Å². The minimum Gasteiger partial charge on any atom is -0.488 e. The van der Waals surface area contributed by atoms with Crippen molar-refractivity contribution in [3.8, 4) is 5.75 Å². The molecule has 0 saturated heterocycles. The molecule has 2 rings (SSSR count). The number of hydrazine groups is 1. The summed E-state index contributed by atoms with van der Waals surface area (Å²) in [6.45, 7) is 6.83. The Morgan fingerprint density at radius 3 is 2.63 bits per heavy atom. The Kier molecular flexibility index (Phi) is 4.83. The monoisotopic (exact) mass is 262 g/mol. The van der Waals surface area contributed by atoms with E-state index in [4.69, 9.17) is 10.6 Å². The molecule has 1 aliphatic heterocycles. The van der Waals surface area contributed by atoms with Crippen molar-refractivity contribution in [1.29, 1.82) is 0 Å². The fraction of sp³-hybridized carbons (Fsp3) is 0.625. The van der Waals surface area contributed by atoms with Crippen molar-refractivity contribution < 1.29 is 4.74 Å². The Labute approximate surface area is 116 Å². The van der Waals surface area contributed by atoms with E-state index >= 15 is 0 Å². The van der Waals surface area contributed by atoms with E-state index in [1.165, 1.54) is 12.0 Å². The lowest BCUT2D eigenvalue weighted by Gasteiger charge is -2.26. The van der Waals surface area contributed by atoms with Crippen LogP contribution >= 0.6 is 0 Å². The molecule has 0 spiro atoms. The summed E-state index contributed by atoms with van der Waals surface area (Å²) in [5, 5.41) is 0. The Bertz CT molecular complexity index is 380. The average molecular weight is 262 g/mol. The third-order valence-corrected chi connectivity index (χ3v) is 3.86. The summed E-state index contributed by atoms with van der Waals surface area (Å²) in [5.41, 5.74) is 4.25. The summed E-state index contributed by atoms with van der Waals surface area (Å²) in [4.78, 5) is 0. The maximum Gasteiger partial charge on any atom is 0.123 e. The van der Waals surface area contributed by atoms with Gasteiger partial charge in [-0.1, -0.05) is 39.0 Å².